The zero-order chi connectivity index (χ0) is 24.3. The molecule has 5 nitrogen and oxygen atoms in total. The second-order valence-corrected chi connectivity index (χ2v) is 11.6. The van der Waals surface area contributed by atoms with E-state index in [9.17, 15) is 30.8 Å². The van der Waals surface area contributed by atoms with Gasteiger partial charge in [0.15, 0.2) is 0 Å². The molecule has 5 unspecified atom stereocenters. The van der Waals surface area contributed by atoms with Crippen molar-refractivity contribution in [3.05, 3.63) is 0 Å². The van der Waals surface area contributed by atoms with Crippen LogP contribution >= 0.6 is 0 Å². The number of halogens is 4. The average Bonchev–Trinajstić information content (AvgIpc) is 2.73. The lowest BCUT2D eigenvalue weighted by Gasteiger charge is -2.42. The van der Waals surface area contributed by atoms with Crippen LogP contribution in [0.25, 0.3) is 0 Å². The quantitative estimate of drug-likeness (QED) is 0.300. The first-order valence-electron chi connectivity index (χ1n) is 11.7. The molecule has 2 rings (SSSR count). The van der Waals surface area contributed by atoms with Gasteiger partial charge in [-0.3, -0.25) is 9.69 Å². The van der Waals surface area contributed by atoms with Crippen LogP contribution < -0.4 is 0 Å². The summed E-state index contributed by atoms with van der Waals surface area (Å²) in [6.07, 6.45) is 3.92. The van der Waals surface area contributed by atoms with Crippen molar-refractivity contribution < 1.29 is 35.5 Å². The molecule has 0 amide bonds. The molecule has 0 heterocycles. The number of hydrogen-bond donors (Lipinski definition) is 0. The highest BCUT2D eigenvalue weighted by Crippen LogP contribution is 2.47. The molecule has 0 aromatic carbocycles. The third kappa shape index (κ3) is 5.42. The third-order valence-corrected chi connectivity index (χ3v) is 9.70. The summed E-state index contributed by atoms with van der Waals surface area (Å²) in [4.78, 5) is 13.7. The van der Waals surface area contributed by atoms with Gasteiger partial charge in [0.1, 0.15) is 5.37 Å². The summed E-state index contributed by atoms with van der Waals surface area (Å²) in [6.45, 7) is 5.52. The Labute approximate surface area is 189 Å². The highest BCUT2D eigenvalue weighted by Gasteiger charge is 2.66. The van der Waals surface area contributed by atoms with Crippen molar-refractivity contribution in [3.8, 4) is 0 Å². The molecule has 0 spiro atoms. The maximum absolute atomic E-state index is 14.5. The Balaban J connectivity index is 1.99. The second-order valence-electron chi connectivity index (χ2n) is 9.30. The Bertz CT molecular complexity index is 742. The Morgan fingerprint density at radius 1 is 1.06 bits per heavy atom. The van der Waals surface area contributed by atoms with Crippen molar-refractivity contribution in [1.82, 2.24) is 4.90 Å². The van der Waals surface area contributed by atoms with Gasteiger partial charge in [0.25, 0.3) is 0 Å². The van der Waals surface area contributed by atoms with Crippen LogP contribution in [0.5, 0.6) is 0 Å². The fraction of sp³-hybridized carbons (Fsp3) is 0.955. The van der Waals surface area contributed by atoms with Crippen molar-refractivity contribution in [2.75, 3.05) is 19.7 Å². The Morgan fingerprint density at radius 2 is 1.69 bits per heavy atom. The Morgan fingerprint density at radius 3 is 2.25 bits per heavy atom. The van der Waals surface area contributed by atoms with Gasteiger partial charge in [0.2, 0.25) is 9.84 Å². The van der Waals surface area contributed by atoms with E-state index in [1.54, 1.807) is 13.8 Å². The lowest BCUT2D eigenvalue weighted by atomic mass is 9.63. The van der Waals surface area contributed by atoms with E-state index in [1.165, 1.54) is 4.90 Å². The molecule has 2 aliphatic rings. The first-order chi connectivity index (χ1) is 14.8. The van der Waals surface area contributed by atoms with Gasteiger partial charge in [-0.05, 0) is 69.9 Å². The molecule has 10 heteroatoms. The van der Waals surface area contributed by atoms with E-state index >= 15 is 0 Å². The highest BCUT2D eigenvalue weighted by atomic mass is 32.2. The minimum absolute atomic E-state index is 0.123. The largest absolute Gasteiger partial charge is 0.465 e. The summed E-state index contributed by atoms with van der Waals surface area (Å²) in [5, 5.41) is -7.04. The van der Waals surface area contributed by atoms with Gasteiger partial charge in [0.05, 0.1) is 18.9 Å². The lowest BCUT2D eigenvalue weighted by Crippen LogP contribution is -2.54. The van der Waals surface area contributed by atoms with E-state index in [4.69, 9.17) is 4.74 Å². The number of sulfone groups is 1. The molecular weight excluding hydrogens is 450 g/mol. The van der Waals surface area contributed by atoms with Crippen LogP contribution in [0.3, 0.4) is 0 Å². The van der Waals surface area contributed by atoms with Crippen LogP contribution in [0.15, 0.2) is 0 Å². The van der Waals surface area contributed by atoms with Gasteiger partial charge in [0, 0.05) is 0 Å². The van der Waals surface area contributed by atoms with E-state index in [0.29, 0.717) is 18.3 Å². The first kappa shape index (κ1) is 27.3. The number of carbonyl (C=O) groups is 1. The molecule has 2 fully saturated rings. The third-order valence-electron chi connectivity index (χ3n) is 7.49. The van der Waals surface area contributed by atoms with Crippen molar-refractivity contribution in [3.63, 3.8) is 0 Å². The van der Waals surface area contributed by atoms with Crippen molar-refractivity contribution in [2.45, 2.75) is 89.2 Å². The van der Waals surface area contributed by atoms with Crippen LogP contribution in [-0.2, 0) is 19.4 Å². The zero-order valence-electron chi connectivity index (χ0n) is 19.5. The van der Waals surface area contributed by atoms with E-state index in [-0.39, 0.29) is 19.0 Å². The van der Waals surface area contributed by atoms with Crippen molar-refractivity contribution in [2.24, 2.45) is 23.7 Å². The molecule has 0 aromatic rings. The molecule has 0 aliphatic heterocycles. The van der Waals surface area contributed by atoms with Gasteiger partial charge < -0.3 is 4.74 Å². The van der Waals surface area contributed by atoms with E-state index in [0.717, 1.165) is 39.0 Å². The smallest absolute Gasteiger partial charge is 0.408 e. The molecule has 2 saturated carbocycles. The fourth-order valence-corrected chi connectivity index (χ4v) is 7.00. The minimum Gasteiger partial charge on any atom is -0.465 e. The number of ether oxygens (including phenoxy) is 1. The van der Waals surface area contributed by atoms with Gasteiger partial charge in [-0.1, -0.05) is 27.2 Å². The second kappa shape index (κ2) is 10.6. The van der Waals surface area contributed by atoms with E-state index < -0.39 is 51.3 Å². The summed E-state index contributed by atoms with van der Waals surface area (Å²) >= 11 is 0. The maximum Gasteiger partial charge on any atom is 0.408 e. The number of nitrogens with zero attached hydrogens (tertiary/aromatic N) is 1. The van der Waals surface area contributed by atoms with Crippen LogP contribution in [0.2, 0.25) is 0 Å². The van der Waals surface area contributed by atoms with E-state index in [2.05, 4.69) is 6.92 Å². The highest BCUT2D eigenvalue weighted by molar-refractivity contribution is 7.93. The molecule has 32 heavy (non-hydrogen) atoms. The molecule has 5 atom stereocenters. The van der Waals surface area contributed by atoms with Gasteiger partial charge in [-0.15, -0.1) is 0 Å². The molecule has 0 saturated heterocycles. The minimum atomic E-state index is -5.51. The summed E-state index contributed by atoms with van der Waals surface area (Å²) in [6, 6.07) is 0. The van der Waals surface area contributed by atoms with Crippen LogP contribution in [0.4, 0.5) is 17.6 Å². The van der Waals surface area contributed by atoms with Crippen LogP contribution in [0.1, 0.15) is 72.6 Å². The molecule has 0 aromatic heterocycles. The number of carbonyl (C=O) groups excluding carboxylic acids is 1. The molecular formula is C22H37F4NO4S. The van der Waals surface area contributed by atoms with Crippen LogP contribution in [-0.4, -0.2) is 55.5 Å². The van der Waals surface area contributed by atoms with Crippen molar-refractivity contribution >= 4 is 15.8 Å². The van der Waals surface area contributed by atoms with Gasteiger partial charge in [-0.2, -0.15) is 17.6 Å². The normalized spacial score (nSPS) is 27.9. The summed E-state index contributed by atoms with van der Waals surface area (Å²) in [5.41, 5.74) is 0. The lowest BCUT2D eigenvalue weighted by molar-refractivity contribution is -0.176. The number of alkyl halides is 4. The van der Waals surface area contributed by atoms with Gasteiger partial charge >= 0.3 is 17.1 Å². The molecule has 0 N–H and O–H groups in total. The predicted octanol–water partition coefficient (Wildman–Crippen LogP) is 5.10. The number of esters is 1. The number of fused-ring (bicyclic) bond motifs is 2. The predicted molar refractivity (Wildman–Crippen MR) is 114 cm³/mol. The molecule has 188 valence electrons. The average molecular weight is 488 g/mol. The fourth-order valence-electron chi connectivity index (χ4n) is 5.36. The molecule has 0 radical (unpaired) electrons. The number of hydrogen-bond acceptors (Lipinski definition) is 5. The maximum atomic E-state index is 14.5. The SMILES string of the molecule is CCC1CC2CCC(C(=O)OCCC(F)(F)C(F)(F)S(=O)(=O)C(C)N(CC)CC)C(C1)C2. The first-order valence-corrected chi connectivity index (χ1v) is 13.3. The zero-order valence-corrected chi connectivity index (χ0v) is 20.3. The summed E-state index contributed by atoms with van der Waals surface area (Å²) in [7, 11) is -5.51. The Hall–Kier alpha value is -0.900. The van der Waals surface area contributed by atoms with E-state index in [1.807, 2.05) is 0 Å². The standard InChI is InChI=1S/C22H37F4NO4S/c1-5-16-12-17-8-9-19(18(13-16)14-17)20(28)31-11-10-21(23,24)22(25,26)32(29,30)15(4)27(6-2)7-3/h15-19H,5-14H2,1-4H3. The van der Waals surface area contributed by atoms with Gasteiger partial charge in [-0.25, -0.2) is 8.42 Å². The topological polar surface area (TPSA) is 63.7 Å². The molecule has 2 bridgehead atoms. The van der Waals surface area contributed by atoms with Crippen molar-refractivity contribution in [1.29, 1.82) is 0 Å². The number of rotatable bonds is 11. The summed E-state index contributed by atoms with van der Waals surface area (Å²) in [5.74, 6) is -4.65. The van der Waals surface area contributed by atoms with Crippen LogP contribution in [0, 0.1) is 23.7 Å². The molecule has 2 aliphatic carbocycles. The monoisotopic (exact) mass is 487 g/mol. The Kier molecular flexibility index (Phi) is 9.03. The summed E-state index contributed by atoms with van der Waals surface area (Å²) < 4.78 is 87.3.